The van der Waals surface area contributed by atoms with Crippen molar-refractivity contribution in [3.8, 4) is 0 Å². The summed E-state index contributed by atoms with van der Waals surface area (Å²) in [6, 6.07) is 10.5. The summed E-state index contributed by atoms with van der Waals surface area (Å²) in [6.45, 7) is 3.76. The van der Waals surface area contributed by atoms with Crippen LogP contribution in [0.25, 0.3) is 0 Å². The average Bonchev–Trinajstić information content (AvgIpc) is 3.19. The standard InChI is InChI=1S/C19H27N3OS/c20-17-7-6-15-12-22(13-16(15)17)19(23)18(14-4-2-1-3-5-14)21-8-10-24-11-9-21/h1-5,15-18H,6-13,20H2. The number of carbonyl (C=O) groups excluding carboxylic acids is 1. The maximum Gasteiger partial charge on any atom is 0.244 e. The molecule has 130 valence electrons. The highest BCUT2D eigenvalue weighted by Crippen LogP contribution is 2.38. The molecule has 4 nitrogen and oxygen atoms in total. The first kappa shape index (κ1) is 16.4. The molecule has 2 aliphatic heterocycles. The highest BCUT2D eigenvalue weighted by molar-refractivity contribution is 7.99. The molecule has 2 N–H and O–H groups in total. The van der Waals surface area contributed by atoms with E-state index in [0.717, 1.165) is 49.7 Å². The molecule has 1 saturated carbocycles. The first-order valence-corrected chi connectivity index (χ1v) is 10.3. The number of benzene rings is 1. The number of fused-ring (bicyclic) bond motifs is 1. The van der Waals surface area contributed by atoms with Crippen molar-refractivity contribution in [1.29, 1.82) is 0 Å². The summed E-state index contributed by atoms with van der Waals surface area (Å²) >= 11 is 1.99. The molecule has 1 aromatic rings. The fourth-order valence-corrected chi connectivity index (χ4v) is 5.57. The highest BCUT2D eigenvalue weighted by atomic mass is 32.2. The predicted molar refractivity (Wildman–Crippen MR) is 98.9 cm³/mol. The lowest BCUT2D eigenvalue weighted by atomic mass is 9.98. The third-order valence-electron chi connectivity index (χ3n) is 5.98. The van der Waals surface area contributed by atoms with Crippen LogP contribution in [0.15, 0.2) is 30.3 Å². The number of hydrogen-bond acceptors (Lipinski definition) is 4. The van der Waals surface area contributed by atoms with E-state index < -0.39 is 0 Å². The third-order valence-corrected chi connectivity index (χ3v) is 6.93. The van der Waals surface area contributed by atoms with Gasteiger partial charge in [0.2, 0.25) is 5.91 Å². The van der Waals surface area contributed by atoms with Gasteiger partial charge in [-0.05, 0) is 30.2 Å². The minimum Gasteiger partial charge on any atom is -0.340 e. The largest absolute Gasteiger partial charge is 0.340 e. The van der Waals surface area contributed by atoms with Crippen molar-refractivity contribution in [3.05, 3.63) is 35.9 Å². The molecule has 0 aromatic heterocycles. The van der Waals surface area contributed by atoms with E-state index in [9.17, 15) is 4.79 Å². The molecular formula is C19H27N3OS. The third kappa shape index (κ3) is 3.09. The topological polar surface area (TPSA) is 49.6 Å². The van der Waals surface area contributed by atoms with E-state index in [-0.39, 0.29) is 18.0 Å². The molecule has 0 radical (unpaired) electrons. The Balaban J connectivity index is 1.55. The lowest BCUT2D eigenvalue weighted by molar-refractivity contribution is -0.136. The van der Waals surface area contributed by atoms with Crippen LogP contribution in [0.4, 0.5) is 0 Å². The van der Waals surface area contributed by atoms with Gasteiger partial charge in [-0.25, -0.2) is 0 Å². The van der Waals surface area contributed by atoms with Crippen LogP contribution in [0.5, 0.6) is 0 Å². The van der Waals surface area contributed by atoms with E-state index in [1.54, 1.807) is 0 Å². The second-order valence-corrected chi connectivity index (χ2v) is 8.59. The fraction of sp³-hybridized carbons (Fsp3) is 0.632. The maximum absolute atomic E-state index is 13.4. The first-order valence-electron chi connectivity index (χ1n) is 9.15. The summed E-state index contributed by atoms with van der Waals surface area (Å²) in [7, 11) is 0. The van der Waals surface area contributed by atoms with Crippen molar-refractivity contribution in [3.63, 3.8) is 0 Å². The summed E-state index contributed by atoms with van der Waals surface area (Å²) in [5.74, 6) is 3.66. The molecule has 4 atom stereocenters. The number of rotatable bonds is 3. The van der Waals surface area contributed by atoms with Gasteiger partial charge in [0, 0.05) is 43.7 Å². The van der Waals surface area contributed by atoms with Crippen LogP contribution in [-0.2, 0) is 4.79 Å². The second kappa shape index (κ2) is 7.06. The fourth-order valence-electron chi connectivity index (χ4n) is 4.64. The number of likely N-dealkylation sites (tertiary alicyclic amines) is 1. The van der Waals surface area contributed by atoms with Crippen LogP contribution >= 0.6 is 11.8 Å². The van der Waals surface area contributed by atoms with Crippen LogP contribution < -0.4 is 5.73 Å². The minimum atomic E-state index is -0.123. The van der Waals surface area contributed by atoms with Gasteiger partial charge in [-0.15, -0.1) is 0 Å². The van der Waals surface area contributed by atoms with E-state index in [1.807, 2.05) is 30.0 Å². The molecule has 4 unspecified atom stereocenters. The van der Waals surface area contributed by atoms with Crippen molar-refractivity contribution in [2.24, 2.45) is 17.6 Å². The number of amides is 1. The van der Waals surface area contributed by atoms with Crippen molar-refractivity contribution in [1.82, 2.24) is 9.80 Å². The van der Waals surface area contributed by atoms with Gasteiger partial charge in [0.15, 0.2) is 0 Å². The molecule has 1 aromatic carbocycles. The zero-order valence-electron chi connectivity index (χ0n) is 14.1. The highest BCUT2D eigenvalue weighted by Gasteiger charge is 2.44. The summed E-state index contributed by atoms with van der Waals surface area (Å²) in [4.78, 5) is 17.9. The molecule has 3 aliphatic rings. The maximum atomic E-state index is 13.4. The zero-order valence-corrected chi connectivity index (χ0v) is 15.0. The molecule has 5 heteroatoms. The monoisotopic (exact) mass is 345 g/mol. The van der Waals surface area contributed by atoms with E-state index in [2.05, 4.69) is 21.9 Å². The quantitative estimate of drug-likeness (QED) is 0.910. The lowest BCUT2D eigenvalue weighted by Gasteiger charge is -2.36. The van der Waals surface area contributed by atoms with Crippen molar-refractivity contribution < 1.29 is 4.79 Å². The van der Waals surface area contributed by atoms with Crippen molar-refractivity contribution in [2.75, 3.05) is 37.7 Å². The Morgan fingerprint density at radius 1 is 1.12 bits per heavy atom. The summed E-state index contributed by atoms with van der Waals surface area (Å²) in [5.41, 5.74) is 7.40. The summed E-state index contributed by atoms with van der Waals surface area (Å²) < 4.78 is 0. The number of carbonyl (C=O) groups is 1. The second-order valence-electron chi connectivity index (χ2n) is 7.37. The number of thioether (sulfide) groups is 1. The number of nitrogens with two attached hydrogens (primary N) is 1. The molecular weight excluding hydrogens is 318 g/mol. The minimum absolute atomic E-state index is 0.123. The molecule has 1 aliphatic carbocycles. The van der Waals surface area contributed by atoms with Gasteiger partial charge in [0.1, 0.15) is 6.04 Å². The summed E-state index contributed by atoms with van der Waals surface area (Å²) in [5, 5.41) is 0. The molecule has 0 spiro atoms. The Labute approximate surface area is 148 Å². The Morgan fingerprint density at radius 3 is 2.58 bits per heavy atom. The van der Waals surface area contributed by atoms with Gasteiger partial charge in [-0.1, -0.05) is 30.3 Å². The Bertz CT molecular complexity index is 575. The van der Waals surface area contributed by atoms with Gasteiger partial charge in [-0.3, -0.25) is 9.69 Å². The van der Waals surface area contributed by atoms with E-state index in [0.29, 0.717) is 11.8 Å². The smallest absolute Gasteiger partial charge is 0.244 e. The van der Waals surface area contributed by atoms with Crippen molar-refractivity contribution in [2.45, 2.75) is 24.9 Å². The summed E-state index contributed by atoms with van der Waals surface area (Å²) in [6.07, 6.45) is 2.31. The number of nitrogens with zero attached hydrogens (tertiary/aromatic N) is 2. The predicted octanol–water partition coefficient (Wildman–Crippen LogP) is 1.97. The van der Waals surface area contributed by atoms with Gasteiger partial charge in [0.25, 0.3) is 0 Å². The Kier molecular flexibility index (Phi) is 4.83. The first-order chi connectivity index (χ1) is 11.7. The molecule has 24 heavy (non-hydrogen) atoms. The van der Waals surface area contributed by atoms with Crippen LogP contribution in [0.2, 0.25) is 0 Å². The van der Waals surface area contributed by atoms with Gasteiger partial charge in [-0.2, -0.15) is 11.8 Å². The molecule has 2 saturated heterocycles. The lowest BCUT2D eigenvalue weighted by Crippen LogP contribution is -2.46. The van der Waals surface area contributed by atoms with Crippen LogP contribution in [0.3, 0.4) is 0 Å². The van der Waals surface area contributed by atoms with Crippen LogP contribution in [-0.4, -0.2) is 59.4 Å². The average molecular weight is 346 g/mol. The SMILES string of the molecule is NC1CCC2CN(C(=O)C(c3ccccc3)N3CCSCC3)CC12. The molecule has 1 amide bonds. The van der Waals surface area contributed by atoms with E-state index in [4.69, 9.17) is 5.73 Å². The molecule has 0 bridgehead atoms. The van der Waals surface area contributed by atoms with Gasteiger partial charge in [0.05, 0.1) is 0 Å². The van der Waals surface area contributed by atoms with Gasteiger partial charge < -0.3 is 10.6 Å². The van der Waals surface area contributed by atoms with Crippen LogP contribution in [0, 0.1) is 11.8 Å². The van der Waals surface area contributed by atoms with Crippen molar-refractivity contribution >= 4 is 17.7 Å². The number of hydrogen-bond donors (Lipinski definition) is 1. The Hall–Kier alpha value is -1.04. The zero-order chi connectivity index (χ0) is 16.5. The van der Waals surface area contributed by atoms with Gasteiger partial charge >= 0.3 is 0 Å². The normalized spacial score (nSPS) is 31.9. The van der Waals surface area contributed by atoms with Crippen LogP contribution in [0.1, 0.15) is 24.4 Å². The molecule has 4 rings (SSSR count). The molecule has 2 heterocycles. The Morgan fingerprint density at radius 2 is 1.88 bits per heavy atom. The van der Waals surface area contributed by atoms with E-state index in [1.165, 1.54) is 6.42 Å². The van der Waals surface area contributed by atoms with E-state index >= 15 is 0 Å². The molecule has 3 fully saturated rings.